The summed E-state index contributed by atoms with van der Waals surface area (Å²) in [5, 5.41) is 2.39. The first kappa shape index (κ1) is 15.7. The first-order chi connectivity index (χ1) is 9.43. The molecule has 0 aliphatic rings. The van der Waals surface area contributed by atoms with Crippen LogP contribution in [0.1, 0.15) is 24.6 Å². The summed E-state index contributed by atoms with van der Waals surface area (Å²) in [6, 6.07) is 0. The van der Waals surface area contributed by atoms with E-state index in [1.807, 2.05) is 0 Å². The van der Waals surface area contributed by atoms with Gasteiger partial charge in [0.15, 0.2) is 0 Å². The van der Waals surface area contributed by atoms with E-state index in [2.05, 4.69) is 20.0 Å². The monoisotopic (exact) mass is 283 g/mol. The largest absolute Gasteiger partial charge is 0.465 e. The van der Waals surface area contributed by atoms with E-state index in [1.54, 1.807) is 13.8 Å². The first-order valence-electron chi connectivity index (χ1n) is 6.18. The van der Waals surface area contributed by atoms with Crippen LogP contribution in [0.25, 0.3) is 0 Å². The van der Waals surface area contributed by atoms with E-state index in [-0.39, 0.29) is 31.9 Å². The summed E-state index contributed by atoms with van der Waals surface area (Å²) in [5.41, 5.74) is -0.319. The number of aromatic nitrogens is 2. The van der Waals surface area contributed by atoms with E-state index in [9.17, 15) is 19.2 Å². The maximum Gasteiger partial charge on any atom is 0.325 e. The van der Waals surface area contributed by atoms with Gasteiger partial charge in [0.2, 0.25) is 5.91 Å². The van der Waals surface area contributed by atoms with Gasteiger partial charge >= 0.3 is 11.7 Å². The molecule has 1 aromatic heterocycles. The van der Waals surface area contributed by atoms with Crippen LogP contribution in [0.4, 0.5) is 0 Å². The van der Waals surface area contributed by atoms with E-state index in [0.29, 0.717) is 11.3 Å². The van der Waals surface area contributed by atoms with Gasteiger partial charge in [-0.3, -0.25) is 19.4 Å². The standard InChI is InChI=1S/C12H17N3O5/c1-3-20-10(17)6-13-9(16)5-4-8-7(2)14-12(19)15-11(8)18/h3-6H2,1-2H3,(H,13,16)(H2,14,15,18,19). The topological polar surface area (TPSA) is 121 Å². The maximum atomic E-state index is 11.5. The molecule has 0 fully saturated rings. The molecule has 0 bridgehead atoms. The third-order valence-corrected chi connectivity index (χ3v) is 2.59. The second-order valence-electron chi connectivity index (χ2n) is 4.09. The molecule has 1 rings (SSSR count). The minimum atomic E-state index is -0.581. The number of aryl methyl sites for hydroxylation is 1. The second kappa shape index (κ2) is 7.27. The Bertz CT molecular complexity index is 602. The van der Waals surface area contributed by atoms with Crippen molar-refractivity contribution in [3.8, 4) is 0 Å². The van der Waals surface area contributed by atoms with Gasteiger partial charge < -0.3 is 15.0 Å². The van der Waals surface area contributed by atoms with E-state index in [4.69, 9.17) is 0 Å². The summed E-state index contributed by atoms with van der Waals surface area (Å²) in [4.78, 5) is 49.6. The van der Waals surface area contributed by atoms with Crippen LogP contribution in [-0.2, 0) is 20.7 Å². The molecule has 0 radical (unpaired) electrons. The normalized spacial score (nSPS) is 10.1. The number of esters is 1. The molecule has 0 atom stereocenters. The molecule has 8 heteroatoms. The lowest BCUT2D eigenvalue weighted by Crippen LogP contribution is -2.32. The second-order valence-corrected chi connectivity index (χ2v) is 4.09. The number of carbonyl (C=O) groups is 2. The average Bonchev–Trinajstić information content (AvgIpc) is 2.35. The van der Waals surface area contributed by atoms with E-state index < -0.39 is 17.2 Å². The zero-order chi connectivity index (χ0) is 15.1. The van der Waals surface area contributed by atoms with Crippen LogP contribution >= 0.6 is 0 Å². The highest BCUT2D eigenvalue weighted by Gasteiger charge is 2.10. The quantitative estimate of drug-likeness (QED) is 0.577. The Labute approximate surface area is 114 Å². The number of ether oxygens (including phenoxy) is 1. The van der Waals surface area contributed by atoms with Gasteiger partial charge in [0.05, 0.1) is 6.61 Å². The summed E-state index contributed by atoms with van der Waals surface area (Å²) in [6.07, 6.45) is 0.210. The lowest BCUT2D eigenvalue weighted by atomic mass is 10.1. The first-order valence-corrected chi connectivity index (χ1v) is 6.18. The Morgan fingerprint density at radius 1 is 1.25 bits per heavy atom. The predicted octanol–water partition coefficient (Wildman–Crippen LogP) is -1.02. The van der Waals surface area contributed by atoms with Gasteiger partial charge in [-0.15, -0.1) is 0 Å². The fourth-order valence-corrected chi connectivity index (χ4v) is 1.64. The molecule has 3 N–H and O–H groups in total. The lowest BCUT2D eigenvalue weighted by molar-refractivity contribution is -0.143. The molecule has 110 valence electrons. The van der Waals surface area contributed by atoms with Gasteiger partial charge in [-0.25, -0.2) is 4.79 Å². The number of carbonyl (C=O) groups excluding carboxylic acids is 2. The summed E-state index contributed by atoms with van der Waals surface area (Å²) in [5.74, 6) is -0.887. The Morgan fingerprint density at radius 2 is 1.95 bits per heavy atom. The smallest absolute Gasteiger partial charge is 0.325 e. The highest BCUT2D eigenvalue weighted by atomic mass is 16.5. The molecule has 0 spiro atoms. The van der Waals surface area contributed by atoms with Crippen molar-refractivity contribution in [2.75, 3.05) is 13.2 Å². The molecule has 0 saturated carbocycles. The van der Waals surface area contributed by atoms with Crippen molar-refractivity contribution in [2.45, 2.75) is 26.7 Å². The zero-order valence-corrected chi connectivity index (χ0v) is 11.4. The van der Waals surface area contributed by atoms with Gasteiger partial charge in [-0.05, 0) is 20.3 Å². The molecule has 0 unspecified atom stereocenters. The van der Waals surface area contributed by atoms with Crippen molar-refractivity contribution in [1.82, 2.24) is 15.3 Å². The van der Waals surface area contributed by atoms with Crippen molar-refractivity contribution >= 4 is 11.9 Å². The summed E-state index contributed by atoms with van der Waals surface area (Å²) in [7, 11) is 0. The van der Waals surface area contributed by atoms with Crippen molar-refractivity contribution in [3.05, 3.63) is 32.1 Å². The van der Waals surface area contributed by atoms with Crippen LogP contribution < -0.4 is 16.6 Å². The van der Waals surface area contributed by atoms with Gasteiger partial charge in [0.25, 0.3) is 5.56 Å². The van der Waals surface area contributed by atoms with Crippen LogP contribution in [0.5, 0.6) is 0 Å². The third kappa shape index (κ3) is 4.71. The van der Waals surface area contributed by atoms with Crippen LogP contribution in [-0.4, -0.2) is 35.0 Å². The van der Waals surface area contributed by atoms with Crippen molar-refractivity contribution in [2.24, 2.45) is 0 Å². The molecular formula is C12H17N3O5. The van der Waals surface area contributed by atoms with Gasteiger partial charge in [0, 0.05) is 17.7 Å². The van der Waals surface area contributed by atoms with Crippen molar-refractivity contribution in [3.63, 3.8) is 0 Å². The number of nitrogens with one attached hydrogen (secondary N) is 3. The van der Waals surface area contributed by atoms with Crippen LogP contribution in [0.2, 0.25) is 0 Å². The van der Waals surface area contributed by atoms with Gasteiger partial charge in [-0.2, -0.15) is 0 Å². The van der Waals surface area contributed by atoms with Crippen LogP contribution in [0.15, 0.2) is 9.59 Å². The summed E-state index contributed by atoms with van der Waals surface area (Å²) < 4.78 is 4.66. The third-order valence-electron chi connectivity index (χ3n) is 2.59. The number of aromatic amines is 2. The van der Waals surface area contributed by atoms with Crippen molar-refractivity contribution in [1.29, 1.82) is 0 Å². The van der Waals surface area contributed by atoms with Crippen molar-refractivity contribution < 1.29 is 14.3 Å². The molecule has 1 aromatic rings. The fraction of sp³-hybridized carbons (Fsp3) is 0.500. The highest BCUT2D eigenvalue weighted by Crippen LogP contribution is 1.99. The SMILES string of the molecule is CCOC(=O)CNC(=O)CCc1c(C)[nH]c(=O)[nH]c1=O. The predicted molar refractivity (Wildman–Crippen MR) is 70.4 cm³/mol. The Balaban J connectivity index is 2.52. The minimum absolute atomic E-state index is 0.0371. The molecular weight excluding hydrogens is 266 g/mol. The molecule has 1 amide bonds. The number of rotatable bonds is 6. The van der Waals surface area contributed by atoms with E-state index in [1.165, 1.54) is 0 Å². The summed E-state index contributed by atoms with van der Waals surface area (Å²) >= 11 is 0. The minimum Gasteiger partial charge on any atom is -0.465 e. The molecule has 0 aromatic carbocycles. The molecule has 1 heterocycles. The van der Waals surface area contributed by atoms with Crippen LogP contribution in [0, 0.1) is 6.92 Å². The fourth-order valence-electron chi connectivity index (χ4n) is 1.64. The van der Waals surface area contributed by atoms with Crippen LogP contribution in [0.3, 0.4) is 0 Å². The van der Waals surface area contributed by atoms with Gasteiger partial charge in [-0.1, -0.05) is 0 Å². The Hall–Kier alpha value is -2.38. The van der Waals surface area contributed by atoms with E-state index >= 15 is 0 Å². The highest BCUT2D eigenvalue weighted by molar-refractivity contribution is 5.81. The molecule has 8 nitrogen and oxygen atoms in total. The number of H-pyrrole nitrogens is 2. The molecule has 20 heavy (non-hydrogen) atoms. The molecule has 0 saturated heterocycles. The maximum absolute atomic E-state index is 11.5. The lowest BCUT2D eigenvalue weighted by Gasteiger charge is -2.06. The number of hydrogen-bond donors (Lipinski definition) is 3. The molecule has 0 aliphatic carbocycles. The average molecular weight is 283 g/mol. The number of amides is 1. The van der Waals surface area contributed by atoms with Gasteiger partial charge in [0.1, 0.15) is 6.54 Å². The zero-order valence-electron chi connectivity index (χ0n) is 11.4. The Morgan fingerprint density at radius 3 is 2.55 bits per heavy atom. The summed E-state index contributed by atoms with van der Waals surface area (Å²) in [6.45, 7) is 3.31. The van der Waals surface area contributed by atoms with E-state index in [0.717, 1.165) is 0 Å². The number of hydrogen-bond acceptors (Lipinski definition) is 5. The molecule has 0 aliphatic heterocycles. The Kier molecular flexibility index (Phi) is 5.70.